The van der Waals surface area contributed by atoms with Crippen LogP contribution in [0.2, 0.25) is 0 Å². The quantitative estimate of drug-likeness (QED) is 0.395. The highest BCUT2D eigenvalue weighted by molar-refractivity contribution is 6.21. The summed E-state index contributed by atoms with van der Waals surface area (Å²) in [5.74, 6) is 5.70. The lowest BCUT2D eigenvalue weighted by Gasteiger charge is -2.39. The summed E-state index contributed by atoms with van der Waals surface area (Å²) in [5.41, 5.74) is 3.55. The van der Waals surface area contributed by atoms with Gasteiger partial charge in [-0.1, -0.05) is 84.6 Å². The third kappa shape index (κ3) is 5.31. The van der Waals surface area contributed by atoms with Gasteiger partial charge in [0.25, 0.3) is 11.8 Å². The number of halogens is 1. The van der Waals surface area contributed by atoms with Crippen molar-refractivity contribution in [1.29, 1.82) is 0 Å². The van der Waals surface area contributed by atoms with E-state index in [-0.39, 0.29) is 36.8 Å². The lowest BCUT2D eigenvalue weighted by molar-refractivity contribution is -0.0000292. The molecule has 0 N–H and O–H groups in total. The number of hydrogen-bond donors (Lipinski definition) is 0. The molecule has 0 spiro atoms. The van der Waals surface area contributed by atoms with Crippen molar-refractivity contribution in [2.75, 3.05) is 39.3 Å². The van der Waals surface area contributed by atoms with E-state index in [1.807, 2.05) is 0 Å². The molecule has 0 radical (unpaired) electrons. The van der Waals surface area contributed by atoms with E-state index < -0.39 is 0 Å². The van der Waals surface area contributed by atoms with Crippen molar-refractivity contribution >= 4 is 11.8 Å². The van der Waals surface area contributed by atoms with Crippen LogP contribution in [0.1, 0.15) is 37.9 Å². The van der Waals surface area contributed by atoms with Gasteiger partial charge in [0.05, 0.1) is 30.3 Å². The van der Waals surface area contributed by atoms with Crippen LogP contribution in [0.5, 0.6) is 0 Å². The van der Waals surface area contributed by atoms with Crippen molar-refractivity contribution in [3.8, 4) is 11.8 Å². The van der Waals surface area contributed by atoms with Crippen LogP contribution in [0.15, 0.2) is 84.9 Å². The topological polar surface area (TPSA) is 43.9 Å². The largest absolute Gasteiger partial charge is 1.00 e. The van der Waals surface area contributed by atoms with Gasteiger partial charge in [-0.05, 0) is 23.3 Å². The van der Waals surface area contributed by atoms with Gasteiger partial charge in [0.1, 0.15) is 0 Å². The third-order valence-electron chi connectivity index (χ3n) is 6.55. The molecule has 0 saturated carbocycles. The molecule has 3 aromatic carbocycles. The zero-order valence-electron chi connectivity index (χ0n) is 19.4. The summed E-state index contributed by atoms with van der Waals surface area (Å²) in [6.07, 6.45) is 0. The summed E-state index contributed by atoms with van der Waals surface area (Å²) < 4.78 is 0. The zero-order valence-corrected chi connectivity index (χ0v) is 20.2. The van der Waals surface area contributed by atoms with Crippen LogP contribution in [0.4, 0.5) is 0 Å². The molecule has 0 unspecified atom stereocenters. The highest BCUT2D eigenvalue weighted by Crippen LogP contribution is 2.29. The van der Waals surface area contributed by atoms with E-state index in [0.29, 0.717) is 17.7 Å². The average Bonchev–Trinajstić information content (AvgIpc) is 3.14. The molecule has 0 aromatic heterocycles. The highest BCUT2D eigenvalue weighted by atomic mass is 35.5. The van der Waals surface area contributed by atoms with E-state index in [1.54, 1.807) is 24.3 Å². The van der Waals surface area contributed by atoms with Crippen LogP contribution >= 0.6 is 0 Å². The molecule has 2 aliphatic heterocycles. The SMILES string of the molecule is O=C1c2ccccc2C(=O)N1CC#CCN1CCN(C(c2ccccc2)c2ccccc2)CC1.[Cl-]. The molecule has 6 heteroatoms. The van der Waals surface area contributed by atoms with E-state index >= 15 is 0 Å². The van der Waals surface area contributed by atoms with Gasteiger partial charge in [0.15, 0.2) is 0 Å². The van der Waals surface area contributed by atoms with Crippen molar-refractivity contribution in [1.82, 2.24) is 14.7 Å². The second-order valence-corrected chi connectivity index (χ2v) is 8.63. The maximum Gasteiger partial charge on any atom is 0.262 e. The molecular formula is C29H27ClN3O2-. The molecule has 178 valence electrons. The van der Waals surface area contributed by atoms with E-state index in [1.165, 1.54) is 16.0 Å². The van der Waals surface area contributed by atoms with Gasteiger partial charge in [-0.3, -0.25) is 24.3 Å². The van der Waals surface area contributed by atoms with Crippen molar-refractivity contribution in [3.63, 3.8) is 0 Å². The normalized spacial score (nSPS) is 16.0. The minimum Gasteiger partial charge on any atom is -1.00 e. The summed E-state index contributed by atoms with van der Waals surface area (Å²) >= 11 is 0. The van der Waals surface area contributed by atoms with Crippen molar-refractivity contribution in [2.45, 2.75) is 6.04 Å². The number of piperazine rings is 1. The molecule has 0 bridgehead atoms. The first kappa shape index (κ1) is 24.7. The second kappa shape index (κ2) is 11.3. The minimum absolute atomic E-state index is 0. The minimum atomic E-state index is -0.253. The molecule has 0 aliphatic carbocycles. The molecule has 3 aromatic rings. The lowest BCUT2D eigenvalue weighted by atomic mass is 9.96. The van der Waals surface area contributed by atoms with Gasteiger partial charge in [-0.2, -0.15) is 0 Å². The Bertz CT molecular complexity index is 1150. The van der Waals surface area contributed by atoms with E-state index in [0.717, 1.165) is 26.2 Å². The molecule has 1 fully saturated rings. The number of fused-ring (bicyclic) bond motifs is 1. The Morgan fingerprint density at radius 3 is 1.60 bits per heavy atom. The van der Waals surface area contributed by atoms with Crippen LogP contribution in [0.25, 0.3) is 0 Å². The monoisotopic (exact) mass is 484 g/mol. The Morgan fingerprint density at radius 2 is 1.09 bits per heavy atom. The predicted octanol–water partition coefficient (Wildman–Crippen LogP) is 0.697. The summed E-state index contributed by atoms with van der Waals surface area (Å²) in [7, 11) is 0. The number of hydrogen-bond acceptors (Lipinski definition) is 4. The summed E-state index contributed by atoms with van der Waals surface area (Å²) in [6.45, 7) is 4.54. The van der Waals surface area contributed by atoms with Crippen molar-refractivity contribution < 1.29 is 22.0 Å². The fourth-order valence-electron chi connectivity index (χ4n) is 4.75. The number of carbonyl (C=O) groups is 2. The van der Waals surface area contributed by atoms with Gasteiger partial charge in [0.2, 0.25) is 0 Å². The Balaban J connectivity index is 0.00000289. The smallest absolute Gasteiger partial charge is 0.262 e. The van der Waals surface area contributed by atoms with Crippen molar-refractivity contribution in [3.05, 3.63) is 107 Å². The standard InChI is InChI=1S/C29H27N3O2.ClH/c33-28-25-15-7-8-16-26(25)29(34)32(28)18-10-9-17-30-19-21-31(22-20-30)27(23-11-3-1-4-12-23)24-13-5-2-6-14-24;/h1-8,11-16,27H,17-22H2;1H/p-1. The number of carbonyl (C=O) groups excluding carboxylic acids is 2. The Hall–Kier alpha value is -3.43. The summed E-state index contributed by atoms with van der Waals surface area (Å²) in [6, 6.07) is 28.5. The summed E-state index contributed by atoms with van der Waals surface area (Å²) in [5, 5.41) is 0. The number of benzene rings is 3. The van der Waals surface area contributed by atoms with Gasteiger partial charge >= 0.3 is 0 Å². The lowest BCUT2D eigenvalue weighted by Crippen LogP contribution is -3.00. The maximum absolute atomic E-state index is 12.5. The first-order chi connectivity index (χ1) is 16.7. The van der Waals surface area contributed by atoms with Crippen LogP contribution < -0.4 is 12.4 Å². The number of nitrogens with zero attached hydrogens (tertiary/aromatic N) is 3. The Labute approximate surface area is 212 Å². The van der Waals surface area contributed by atoms with Gasteiger partial charge in [-0.15, -0.1) is 0 Å². The maximum atomic E-state index is 12.5. The molecule has 2 heterocycles. The fourth-order valence-corrected chi connectivity index (χ4v) is 4.75. The van der Waals surface area contributed by atoms with E-state index in [9.17, 15) is 9.59 Å². The third-order valence-corrected chi connectivity index (χ3v) is 6.55. The number of amides is 2. The Kier molecular flexibility index (Phi) is 7.99. The van der Waals surface area contributed by atoms with Crippen molar-refractivity contribution in [2.24, 2.45) is 0 Å². The highest BCUT2D eigenvalue weighted by Gasteiger charge is 2.34. The van der Waals surface area contributed by atoms with Gasteiger partial charge < -0.3 is 12.4 Å². The molecule has 5 nitrogen and oxygen atoms in total. The average molecular weight is 485 g/mol. The van der Waals surface area contributed by atoms with Crippen LogP contribution in [-0.2, 0) is 0 Å². The molecule has 0 atom stereocenters. The zero-order chi connectivity index (χ0) is 23.3. The van der Waals surface area contributed by atoms with Crippen LogP contribution in [0, 0.1) is 11.8 Å². The van der Waals surface area contributed by atoms with Gasteiger partial charge in [0, 0.05) is 26.2 Å². The van der Waals surface area contributed by atoms with E-state index in [4.69, 9.17) is 0 Å². The first-order valence-corrected chi connectivity index (χ1v) is 11.7. The van der Waals surface area contributed by atoms with Gasteiger partial charge in [-0.25, -0.2) is 0 Å². The Morgan fingerprint density at radius 1 is 0.629 bits per heavy atom. The first-order valence-electron chi connectivity index (χ1n) is 11.7. The predicted molar refractivity (Wildman–Crippen MR) is 132 cm³/mol. The second-order valence-electron chi connectivity index (χ2n) is 8.63. The van der Waals surface area contributed by atoms with Crippen LogP contribution in [-0.4, -0.2) is 65.8 Å². The number of imide groups is 1. The van der Waals surface area contributed by atoms with E-state index in [2.05, 4.69) is 82.3 Å². The number of rotatable bonds is 5. The molecule has 2 aliphatic rings. The molecule has 5 rings (SSSR count). The summed E-state index contributed by atoms with van der Waals surface area (Å²) in [4.78, 5) is 31.0. The van der Waals surface area contributed by atoms with Crippen LogP contribution in [0.3, 0.4) is 0 Å². The molecular weight excluding hydrogens is 458 g/mol. The molecule has 1 saturated heterocycles. The fraction of sp³-hybridized carbons (Fsp3) is 0.241. The molecule has 2 amide bonds. The molecule has 35 heavy (non-hydrogen) atoms.